The molecule has 0 aliphatic heterocycles. The van der Waals surface area contributed by atoms with Crippen molar-refractivity contribution in [2.24, 2.45) is 0 Å². The standard InChI is InChI=1S/C14H13NO3S/c1-2-19(17,18)13-5-3-12(4-6-13)14-9-11(10-16)7-8-15-14/h3-10H,2H2,1H3. The van der Waals surface area contributed by atoms with E-state index in [0.29, 0.717) is 16.2 Å². The zero-order valence-electron chi connectivity index (χ0n) is 10.4. The van der Waals surface area contributed by atoms with E-state index in [1.54, 1.807) is 49.5 Å². The zero-order valence-corrected chi connectivity index (χ0v) is 11.2. The van der Waals surface area contributed by atoms with Gasteiger partial charge in [-0.15, -0.1) is 0 Å². The lowest BCUT2D eigenvalue weighted by Gasteiger charge is -2.04. The molecule has 0 bridgehead atoms. The van der Waals surface area contributed by atoms with Gasteiger partial charge < -0.3 is 0 Å². The monoisotopic (exact) mass is 275 g/mol. The van der Waals surface area contributed by atoms with Crippen LogP contribution in [-0.4, -0.2) is 25.4 Å². The molecule has 19 heavy (non-hydrogen) atoms. The van der Waals surface area contributed by atoms with Crippen molar-refractivity contribution in [3.63, 3.8) is 0 Å². The summed E-state index contributed by atoms with van der Waals surface area (Å²) < 4.78 is 23.4. The first-order valence-corrected chi connectivity index (χ1v) is 7.46. The average Bonchev–Trinajstić information content (AvgIpc) is 2.47. The number of pyridine rings is 1. The van der Waals surface area contributed by atoms with Crippen LogP contribution in [0, 0.1) is 0 Å². The second-order valence-corrected chi connectivity index (χ2v) is 6.30. The van der Waals surface area contributed by atoms with Gasteiger partial charge in [0.2, 0.25) is 0 Å². The number of aldehydes is 1. The molecule has 0 saturated carbocycles. The first kappa shape index (κ1) is 13.4. The van der Waals surface area contributed by atoms with Gasteiger partial charge in [0.25, 0.3) is 0 Å². The summed E-state index contributed by atoms with van der Waals surface area (Å²) in [6.07, 6.45) is 2.30. The van der Waals surface area contributed by atoms with E-state index in [1.165, 1.54) is 0 Å². The molecule has 0 spiro atoms. The molecule has 1 aromatic carbocycles. The van der Waals surface area contributed by atoms with Gasteiger partial charge in [-0.2, -0.15) is 0 Å². The van der Waals surface area contributed by atoms with Crippen LogP contribution >= 0.6 is 0 Å². The van der Waals surface area contributed by atoms with Gasteiger partial charge >= 0.3 is 0 Å². The van der Waals surface area contributed by atoms with Crippen LogP contribution in [0.25, 0.3) is 11.3 Å². The minimum Gasteiger partial charge on any atom is -0.298 e. The largest absolute Gasteiger partial charge is 0.298 e. The number of benzene rings is 1. The lowest BCUT2D eigenvalue weighted by Crippen LogP contribution is -2.03. The van der Waals surface area contributed by atoms with Crippen LogP contribution in [0.15, 0.2) is 47.5 Å². The van der Waals surface area contributed by atoms with Crippen LogP contribution in [0.2, 0.25) is 0 Å². The van der Waals surface area contributed by atoms with Crippen molar-refractivity contribution in [3.8, 4) is 11.3 Å². The number of nitrogens with zero attached hydrogens (tertiary/aromatic N) is 1. The summed E-state index contributed by atoms with van der Waals surface area (Å²) in [5.74, 6) is 0.0746. The summed E-state index contributed by atoms with van der Waals surface area (Å²) in [6, 6.07) is 9.79. The Balaban J connectivity index is 2.40. The molecule has 5 heteroatoms. The molecule has 0 saturated heterocycles. The van der Waals surface area contributed by atoms with E-state index in [-0.39, 0.29) is 5.75 Å². The summed E-state index contributed by atoms with van der Waals surface area (Å²) in [4.78, 5) is 15.2. The third-order valence-electron chi connectivity index (χ3n) is 2.81. The molecule has 0 radical (unpaired) electrons. The number of rotatable bonds is 4. The van der Waals surface area contributed by atoms with E-state index >= 15 is 0 Å². The van der Waals surface area contributed by atoms with E-state index in [4.69, 9.17) is 0 Å². The smallest absolute Gasteiger partial charge is 0.178 e. The zero-order chi connectivity index (χ0) is 13.9. The first-order chi connectivity index (χ1) is 9.06. The average molecular weight is 275 g/mol. The van der Waals surface area contributed by atoms with Crippen LogP contribution in [0.1, 0.15) is 17.3 Å². The van der Waals surface area contributed by atoms with Gasteiger partial charge in [-0.1, -0.05) is 19.1 Å². The molecule has 98 valence electrons. The van der Waals surface area contributed by atoms with Crippen LogP contribution in [-0.2, 0) is 9.84 Å². The quantitative estimate of drug-likeness (QED) is 0.803. The maximum absolute atomic E-state index is 11.7. The van der Waals surface area contributed by atoms with E-state index < -0.39 is 9.84 Å². The second kappa shape index (κ2) is 5.32. The Labute approximate surface area is 112 Å². The summed E-state index contributed by atoms with van der Waals surface area (Å²) in [7, 11) is -3.19. The van der Waals surface area contributed by atoms with E-state index in [1.807, 2.05) is 0 Å². The fourth-order valence-electron chi connectivity index (χ4n) is 1.68. The number of carbonyl (C=O) groups excluding carboxylic acids is 1. The Hall–Kier alpha value is -2.01. The summed E-state index contributed by atoms with van der Waals surface area (Å²) in [6.45, 7) is 1.61. The van der Waals surface area contributed by atoms with E-state index in [0.717, 1.165) is 11.8 Å². The number of hydrogen-bond acceptors (Lipinski definition) is 4. The van der Waals surface area contributed by atoms with Gasteiger partial charge in [0.15, 0.2) is 9.84 Å². The van der Waals surface area contributed by atoms with Crippen LogP contribution < -0.4 is 0 Å². The maximum atomic E-state index is 11.7. The highest BCUT2D eigenvalue weighted by Crippen LogP contribution is 2.20. The highest BCUT2D eigenvalue weighted by molar-refractivity contribution is 7.91. The fourth-order valence-corrected chi connectivity index (χ4v) is 2.56. The van der Waals surface area contributed by atoms with Gasteiger partial charge in [0, 0.05) is 17.3 Å². The Kier molecular flexibility index (Phi) is 3.76. The van der Waals surface area contributed by atoms with Crippen molar-refractivity contribution in [1.29, 1.82) is 0 Å². The van der Waals surface area contributed by atoms with Crippen molar-refractivity contribution in [2.75, 3.05) is 5.75 Å². The highest BCUT2D eigenvalue weighted by Gasteiger charge is 2.11. The topological polar surface area (TPSA) is 64.1 Å². The van der Waals surface area contributed by atoms with Gasteiger partial charge in [0.05, 0.1) is 16.3 Å². The number of sulfone groups is 1. The summed E-state index contributed by atoms with van der Waals surface area (Å²) >= 11 is 0. The molecular formula is C14H13NO3S. The summed E-state index contributed by atoms with van der Waals surface area (Å²) in [5.41, 5.74) is 1.96. The predicted octanol–water partition coefficient (Wildman–Crippen LogP) is 2.35. The normalized spacial score (nSPS) is 11.2. The molecule has 0 aliphatic carbocycles. The van der Waals surface area contributed by atoms with Crippen LogP contribution in [0.3, 0.4) is 0 Å². The van der Waals surface area contributed by atoms with E-state index in [9.17, 15) is 13.2 Å². The predicted molar refractivity (Wildman–Crippen MR) is 72.8 cm³/mol. The molecule has 1 aromatic heterocycles. The number of aromatic nitrogens is 1. The molecular weight excluding hydrogens is 262 g/mol. The molecule has 2 aromatic rings. The highest BCUT2D eigenvalue weighted by atomic mass is 32.2. The molecule has 0 aliphatic rings. The second-order valence-electron chi connectivity index (χ2n) is 4.02. The molecule has 0 N–H and O–H groups in total. The fraction of sp³-hybridized carbons (Fsp3) is 0.143. The van der Waals surface area contributed by atoms with Gasteiger partial charge in [0.1, 0.15) is 6.29 Å². The van der Waals surface area contributed by atoms with Crippen molar-refractivity contribution in [1.82, 2.24) is 4.98 Å². The first-order valence-electron chi connectivity index (χ1n) is 5.81. The van der Waals surface area contributed by atoms with Crippen molar-refractivity contribution >= 4 is 16.1 Å². The molecule has 1 heterocycles. The SMILES string of the molecule is CCS(=O)(=O)c1ccc(-c2cc(C=O)ccn2)cc1. The van der Waals surface area contributed by atoms with Gasteiger partial charge in [-0.3, -0.25) is 9.78 Å². The molecule has 0 fully saturated rings. The Morgan fingerprint density at radius 3 is 2.42 bits per heavy atom. The van der Waals surface area contributed by atoms with Crippen molar-refractivity contribution in [3.05, 3.63) is 48.2 Å². The minimum atomic E-state index is -3.19. The third-order valence-corrected chi connectivity index (χ3v) is 4.56. The molecule has 0 atom stereocenters. The maximum Gasteiger partial charge on any atom is 0.178 e. The molecule has 0 amide bonds. The lowest BCUT2D eigenvalue weighted by atomic mass is 10.1. The molecule has 4 nitrogen and oxygen atoms in total. The number of hydrogen-bond donors (Lipinski definition) is 0. The van der Waals surface area contributed by atoms with Crippen molar-refractivity contribution < 1.29 is 13.2 Å². The van der Waals surface area contributed by atoms with E-state index in [2.05, 4.69) is 4.98 Å². The van der Waals surface area contributed by atoms with Gasteiger partial charge in [-0.25, -0.2) is 8.42 Å². The number of carbonyl (C=O) groups is 1. The minimum absolute atomic E-state index is 0.0746. The Bertz CT molecular complexity index is 691. The van der Waals surface area contributed by atoms with Crippen LogP contribution in [0.5, 0.6) is 0 Å². The Morgan fingerprint density at radius 2 is 1.84 bits per heavy atom. The Morgan fingerprint density at radius 1 is 1.16 bits per heavy atom. The summed E-state index contributed by atoms with van der Waals surface area (Å²) in [5, 5.41) is 0. The lowest BCUT2D eigenvalue weighted by molar-refractivity contribution is 0.112. The van der Waals surface area contributed by atoms with Gasteiger partial charge in [-0.05, 0) is 24.3 Å². The van der Waals surface area contributed by atoms with Crippen molar-refractivity contribution in [2.45, 2.75) is 11.8 Å². The van der Waals surface area contributed by atoms with Crippen LogP contribution in [0.4, 0.5) is 0 Å². The third kappa shape index (κ3) is 2.88. The molecule has 2 rings (SSSR count). The molecule has 0 unspecified atom stereocenters.